The van der Waals surface area contributed by atoms with Crippen molar-refractivity contribution in [2.75, 3.05) is 12.4 Å². The highest BCUT2D eigenvalue weighted by Crippen LogP contribution is 2.22. The third kappa shape index (κ3) is 1.48. The molecule has 0 spiro atoms. The van der Waals surface area contributed by atoms with Crippen LogP contribution in [0.5, 0.6) is 0 Å². The van der Waals surface area contributed by atoms with E-state index in [-0.39, 0.29) is 5.84 Å². The van der Waals surface area contributed by atoms with Crippen LogP contribution >= 0.6 is 11.6 Å². The molecule has 0 fully saturated rings. The Morgan fingerprint density at radius 3 is 2.92 bits per heavy atom. The summed E-state index contributed by atoms with van der Waals surface area (Å²) in [7, 11) is 1.71. The maximum Gasteiger partial charge on any atom is 0.145 e. The van der Waals surface area contributed by atoms with E-state index in [2.05, 4.69) is 10.3 Å². The summed E-state index contributed by atoms with van der Waals surface area (Å²) < 4.78 is 0. The van der Waals surface area contributed by atoms with Crippen molar-refractivity contribution in [2.24, 2.45) is 5.73 Å². The number of nitrogens with zero attached hydrogens (tertiary/aromatic N) is 1. The van der Waals surface area contributed by atoms with Crippen molar-refractivity contribution in [3.8, 4) is 0 Å². The summed E-state index contributed by atoms with van der Waals surface area (Å²) in [5, 5.41) is 10.4. The van der Waals surface area contributed by atoms with Crippen molar-refractivity contribution in [2.45, 2.75) is 0 Å². The Balaban J connectivity index is 3.23. The summed E-state index contributed by atoms with van der Waals surface area (Å²) >= 11 is 5.86. The summed E-state index contributed by atoms with van der Waals surface area (Å²) in [4.78, 5) is 3.94. The predicted octanol–water partition coefficient (Wildman–Crippen LogP) is 1.06. The van der Waals surface area contributed by atoms with E-state index in [1.807, 2.05) is 0 Å². The van der Waals surface area contributed by atoms with Gasteiger partial charge in [-0.15, -0.1) is 0 Å². The highest BCUT2D eigenvalue weighted by atomic mass is 35.5. The van der Waals surface area contributed by atoms with Crippen LogP contribution in [-0.4, -0.2) is 17.9 Å². The number of amidine groups is 1. The molecule has 0 bridgehead atoms. The van der Waals surface area contributed by atoms with E-state index in [0.717, 1.165) is 0 Å². The number of nitrogens with two attached hydrogens (primary N) is 1. The van der Waals surface area contributed by atoms with Crippen LogP contribution in [-0.2, 0) is 0 Å². The van der Waals surface area contributed by atoms with Crippen molar-refractivity contribution >= 4 is 23.3 Å². The number of hydrogen-bond acceptors (Lipinski definition) is 3. The second-order valence-corrected chi connectivity index (χ2v) is 2.56. The summed E-state index contributed by atoms with van der Waals surface area (Å²) in [5.41, 5.74) is 5.78. The highest BCUT2D eigenvalue weighted by Gasteiger charge is 2.07. The Bertz CT molecular complexity index is 310. The van der Waals surface area contributed by atoms with Gasteiger partial charge < -0.3 is 11.1 Å². The van der Waals surface area contributed by atoms with Gasteiger partial charge in [-0.25, -0.2) is 4.98 Å². The van der Waals surface area contributed by atoms with Crippen molar-refractivity contribution in [3.63, 3.8) is 0 Å². The van der Waals surface area contributed by atoms with Crippen LogP contribution in [0.15, 0.2) is 12.3 Å². The standard InChI is InChI=1S/C7H9ClN4/c1-11-7-5(8)4(6(9)10)2-3-12-7/h2-3H,1H3,(H3,9,10)(H,11,12). The number of halogens is 1. The summed E-state index contributed by atoms with van der Waals surface area (Å²) in [6, 6.07) is 1.60. The van der Waals surface area contributed by atoms with E-state index in [9.17, 15) is 0 Å². The van der Waals surface area contributed by atoms with Gasteiger partial charge in [-0.3, -0.25) is 5.41 Å². The number of aromatic nitrogens is 1. The Labute approximate surface area is 75.3 Å². The Kier molecular flexibility index (Phi) is 2.50. The first-order chi connectivity index (χ1) is 5.66. The molecule has 1 aromatic rings. The van der Waals surface area contributed by atoms with Crippen molar-refractivity contribution in [1.82, 2.24) is 4.98 Å². The second-order valence-electron chi connectivity index (χ2n) is 2.18. The van der Waals surface area contributed by atoms with Gasteiger partial charge in [-0.05, 0) is 6.07 Å². The molecule has 0 radical (unpaired) electrons. The molecular weight excluding hydrogens is 176 g/mol. The lowest BCUT2D eigenvalue weighted by molar-refractivity contribution is 1.27. The van der Waals surface area contributed by atoms with E-state index >= 15 is 0 Å². The van der Waals surface area contributed by atoms with Gasteiger partial charge >= 0.3 is 0 Å². The number of hydrogen-bond donors (Lipinski definition) is 3. The minimum Gasteiger partial charge on any atom is -0.384 e. The first kappa shape index (κ1) is 8.80. The normalized spacial score (nSPS) is 9.50. The molecule has 0 atom stereocenters. The fraction of sp³-hybridized carbons (Fsp3) is 0.143. The monoisotopic (exact) mass is 184 g/mol. The second kappa shape index (κ2) is 3.40. The molecule has 0 aromatic carbocycles. The fourth-order valence-corrected chi connectivity index (χ4v) is 1.13. The van der Waals surface area contributed by atoms with Gasteiger partial charge in [-0.2, -0.15) is 0 Å². The zero-order valence-electron chi connectivity index (χ0n) is 6.56. The van der Waals surface area contributed by atoms with Crippen molar-refractivity contribution in [3.05, 3.63) is 22.8 Å². The van der Waals surface area contributed by atoms with Crippen LogP contribution in [0.4, 0.5) is 5.82 Å². The van der Waals surface area contributed by atoms with Gasteiger partial charge in [0.15, 0.2) is 0 Å². The average Bonchev–Trinajstić information content (AvgIpc) is 2.04. The fourth-order valence-electron chi connectivity index (χ4n) is 0.826. The molecule has 0 aliphatic rings. The minimum absolute atomic E-state index is 0.0566. The largest absolute Gasteiger partial charge is 0.384 e. The molecule has 4 nitrogen and oxygen atoms in total. The SMILES string of the molecule is CNc1nccc(C(=N)N)c1Cl. The number of pyridine rings is 1. The van der Waals surface area contributed by atoms with Crippen LogP contribution in [0, 0.1) is 5.41 Å². The molecule has 1 heterocycles. The molecule has 64 valence electrons. The van der Waals surface area contributed by atoms with Crippen LogP contribution in [0.2, 0.25) is 5.02 Å². The van der Waals surface area contributed by atoms with E-state index in [4.69, 9.17) is 22.7 Å². The van der Waals surface area contributed by atoms with Crippen molar-refractivity contribution in [1.29, 1.82) is 5.41 Å². The smallest absolute Gasteiger partial charge is 0.145 e. The van der Waals surface area contributed by atoms with Crippen LogP contribution in [0.1, 0.15) is 5.56 Å². The quantitative estimate of drug-likeness (QED) is 0.475. The van der Waals surface area contributed by atoms with E-state index in [0.29, 0.717) is 16.4 Å². The minimum atomic E-state index is -0.0566. The highest BCUT2D eigenvalue weighted by molar-refractivity contribution is 6.36. The Morgan fingerprint density at radius 1 is 1.75 bits per heavy atom. The molecule has 1 rings (SSSR count). The van der Waals surface area contributed by atoms with Gasteiger partial charge in [0, 0.05) is 18.8 Å². The zero-order valence-corrected chi connectivity index (χ0v) is 7.31. The first-order valence-corrected chi connectivity index (χ1v) is 3.71. The maximum atomic E-state index is 7.19. The number of nitrogen functional groups attached to an aromatic ring is 1. The van der Waals surface area contributed by atoms with Crippen LogP contribution < -0.4 is 11.1 Å². The molecule has 0 saturated carbocycles. The summed E-state index contributed by atoms with van der Waals surface area (Å²) in [5.74, 6) is 0.475. The molecule has 0 unspecified atom stereocenters. The predicted molar refractivity (Wildman–Crippen MR) is 49.8 cm³/mol. The van der Waals surface area contributed by atoms with E-state index < -0.39 is 0 Å². The van der Waals surface area contributed by atoms with Crippen molar-refractivity contribution < 1.29 is 0 Å². The van der Waals surface area contributed by atoms with Gasteiger partial charge in [0.25, 0.3) is 0 Å². The molecule has 0 saturated heterocycles. The Hall–Kier alpha value is -1.29. The molecule has 1 aromatic heterocycles. The molecule has 0 amide bonds. The van der Waals surface area contributed by atoms with Gasteiger partial charge in [0.2, 0.25) is 0 Å². The molecular formula is C7H9ClN4. The first-order valence-electron chi connectivity index (χ1n) is 3.33. The summed E-state index contributed by atoms with van der Waals surface area (Å²) in [6.45, 7) is 0. The summed E-state index contributed by atoms with van der Waals surface area (Å²) in [6.07, 6.45) is 1.55. The lowest BCUT2D eigenvalue weighted by Crippen LogP contribution is -2.12. The van der Waals surface area contributed by atoms with Crippen LogP contribution in [0.25, 0.3) is 0 Å². The van der Waals surface area contributed by atoms with Gasteiger partial charge in [-0.1, -0.05) is 11.6 Å². The lowest BCUT2D eigenvalue weighted by atomic mass is 10.2. The molecule has 4 N–H and O–H groups in total. The molecule has 0 aliphatic carbocycles. The molecule has 5 heteroatoms. The zero-order chi connectivity index (χ0) is 9.14. The third-order valence-electron chi connectivity index (χ3n) is 1.42. The number of nitrogens with one attached hydrogen (secondary N) is 2. The third-order valence-corrected chi connectivity index (χ3v) is 1.80. The number of anilines is 1. The Morgan fingerprint density at radius 2 is 2.42 bits per heavy atom. The van der Waals surface area contributed by atoms with Gasteiger partial charge in [0.1, 0.15) is 11.7 Å². The maximum absolute atomic E-state index is 7.19. The average molecular weight is 185 g/mol. The number of rotatable bonds is 2. The lowest BCUT2D eigenvalue weighted by Gasteiger charge is -2.05. The van der Waals surface area contributed by atoms with Crippen LogP contribution in [0.3, 0.4) is 0 Å². The topological polar surface area (TPSA) is 74.8 Å². The van der Waals surface area contributed by atoms with E-state index in [1.165, 1.54) is 0 Å². The van der Waals surface area contributed by atoms with E-state index in [1.54, 1.807) is 19.3 Å². The molecule has 0 aliphatic heterocycles. The molecule has 12 heavy (non-hydrogen) atoms. The van der Waals surface area contributed by atoms with Gasteiger partial charge in [0.05, 0.1) is 5.02 Å².